The number of aromatic nitrogens is 2. The van der Waals surface area contributed by atoms with E-state index in [0.717, 1.165) is 41.8 Å². The molecule has 8 nitrogen and oxygen atoms in total. The number of nitrogens with one attached hydrogen (secondary N) is 1. The molecular formula is C26H35N3O5. The van der Waals surface area contributed by atoms with Crippen molar-refractivity contribution in [2.75, 3.05) is 25.1 Å². The molecule has 0 saturated carbocycles. The van der Waals surface area contributed by atoms with Crippen molar-refractivity contribution >= 4 is 17.0 Å². The highest BCUT2D eigenvalue weighted by molar-refractivity contribution is 5.78. The maximum atomic E-state index is 9.51. The fourth-order valence-electron chi connectivity index (χ4n) is 4.18. The lowest BCUT2D eigenvalue weighted by Gasteiger charge is -2.19. The molecule has 34 heavy (non-hydrogen) atoms. The van der Waals surface area contributed by atoms with E-state index in [4.69, 9.17) is 24.3 Å². The van der Waals surface area contributed by atoms with Gasteiger partial charge in [-0.2, -0.15) is 0 Å². The molecule has 1 aromatic heterocycles. The molecular weight excluding hydrogens is 434 g/mol. The van der Waals surface area contributed by atoms with Crippen LogP contribution in [0.4, 0.5) is 5.95 Å². The van der Waals surface area contributed by atoms with Gasteiger partial charge in [-0.15, -0.1) is 0 Å². The van der Waals surface area contributed by atoms with Crippen molar-refractivity contribution in [3.8, 4) is 11.5 Å². The molecule has 1 fully saturated rings. The van der Waals surface area contributed by atoms with Crippen LogP contribution in [-0.4, -0.2) is 51.8 Å². The quantitative estimate of drug-likeness (QED) is 0.341. The second kappa shape index (κ2) is 11.6. The maximum absolute atomic E-state index is 9.51. The SMILES string of the molecule is CC(C)Oc1ccc(CNc2nc3ccccc3n2[C@H]2CC[C@@H](CO)O2)cc1OCCCCO. The van der Waals surface area contributed by atoms with Crippen molar-refractivity contribution in [1.82, 2.24) is 9.55 Å². The van der Waals surface area contributed by atoms with Gasteiger partial charge in [0.1, 0.15) is 6.23 Å². The van der Waals surface area contributed by atoms with Gasteiger partial charge >= 0.3 is 0 Å². The average molecular weight is 470 g/mol. The zero-order valence-corrected chi connectivity index (χ0v) is 19.9. The van der Waals surface area contributed by atoms with Crippen molar-refractivity contribution < 1.29 is 24.4 Å². The van der Waals surface area contributed by atoms with Crippen molar-refractivity contribution in [2.24, 2.45) is 0 Å². The van der Waals surface area contributed by atoms with E-state index < -0.39 is 0 Å². The summed E-state index contributed by atoms with van der Waals surface area (Å²) >= 11 is 0. The van der Waals surface area contributed by atoms with Crippen LogP contribution in [0.1, 0.15) is 51.3 Å². The van der Waals surface area contributed by atoms with Gasteiger partial charge in [-0.25, -0.2) is 4.98 Å². The van der Waals surface area contributed by atoms with Crippen LogP contribution in [0.2, 0.25) is 0 Å². The molecule has 0 bridgehead atoms. The van der Waals surface area contributed by atoms with Crippen molar-refractivity contribution in [1.29, 1.82) is 0 Å². The normalized spacial score (nSPS) is 18.0. The first-order valence-corrected chi connectivity index (χ1v) is 12.1. The van der Waals surface area contributed by atoms with Gasteiger partial charge in [0.2, 0.25) is 5.95 Å². The number of benzene rings is 2. The molecule has 0 unspecified atom stereocenters. The van der Waals surface area contributed by atoms with E-state index in [1.54, 1.807) is 0 Å². The Hall–Kier alpha value is -2.81. The third kappa shape index (κ3) is 5.81. The van der Waals surface area contributed by atoms with E-state index >= 15 is 0 Å². The highest BCUT2D eigenvalue weighted by Gasteiger charge is 2.29. The van der Waals surface area contributed by atoms with Gasteiger partial charge in [0.05, 0.1) is 36.5 Å². The molecule has 0 spiro atoms. The van der Waals surface area contributed by atoms with E-state index in [1.807, 2.05) is 56.3 Å². The molecule has 8 heteroatoms. The van der Waals surface area contributed by atoms with Crippen LogP contribution in [0.5, 0.6) is 11.5 Å². The molecule has 3 aromatic rings. The monoisotopic (exact) mass is 469 g/mol. The second-order valence-corrected chi connectivity index (χ2v) is 8.85. The van der Waals surface area contributed by atoms with Gasteiger partial charge in [-0.1, -0.05) is 18.2 Å². The van der Waals surface area contributed by atoms with Crippen molar-refractivity contribution in [3.05, 3.63) is 48.0 Å². The number of imidazole rings is 1. The smallest absolute Gasteiger partial charge is 0.206 e. The lowest BCUT2D eigenvalue weighted by Crippen LogP contribution is -2.16. The average Bonchev–Trinajstić information content (AvgIpc) is 3.45. The van der Waals surface area contributed by atoms with Crippen LogP contribution in [0.3, 0.4) is 0 Å². The first kappa shape index (κ1) is 24.3. The van der Waals surface area contributed by atoms with Crippen LogP contribution in [0.25, 0.3) is 11.0 Å². The lowest BCUT2D eigenvalue weighted by atomic mass is 10.2. The van der Waals surface area contributed by atoms with Crippen LogP contribution >= 0.6 is 0 Å². The first-order valence-electron chi connectivity index (χ1n) is 12.1. The molecule has 4 rings (SSSR count). The van der Waals surface area contributed by atoms with E-state index in [0.29, 0.717) is 31.1 Å². The summed E-state index contributed by atoms with van der Waals surface area (Å²) in [6, 6.07) is 14.0. The summed E-state index contributed by atoms with van der Waals surface area (Å²) in [4.78, 5) is 4.80. The second-order valence-electron chi connectivity index (χ2n) is 8.85. The zero-order valence-electron chi connectivity index (χ0n) is 19.9. The largest absolute Gasteiger partial charge is 0.490 e. The predicted molar refractivity (Wildman–Crippen MR) is 131 cm³/mol. The Kier molecular flexibility index (Phi) is 8.26. The van der Waals surface area contributed by atoms with Gasteiger partial charge < -0.3 is 29.7 Å². The fraction of sp³-hybridized carbons (Fsp3) is 0.500. The minimum atomic E-state index is -0.167. The Morgan fingerprint density at radius 3 is 2.74 bits per heavy atom. The van der Waals surface area contributed by atoms with Crippen molar-refractivity contribution in [2.45, 2.75) is 64.5 Å². The minimum Gasteiger partial charge on any atom is -0.490 e. The Balaban J connectivity index is 1.53. The highest BCUT2D eigenvalue weighted by Crippen LogP contribution is 2.35. The number of hydrogen-bond acceptors (Lipinski definition) is 7. The number of anilines is 1. The number of para-hydroxylation sites is 2. The molecule has 2 heterocycles. The molecule has 1 saturated heterocycles. The van der Waals surface area contributed by atoms with Gasteiger partial charge in [0, 0.05) is 13.2 Å². The van der Waals surface area contributed by atoms with E-state index in [-0.39, 0.29) is 31.6 Å². The van der Waals surface area contributed by atoms with E-state index in [9.17, 15) is 5.11 Å². The first-order chi connectivity index (χ1) is 16.6. The summed E-state index contributed by atoms with van der Waals surface area (Å²) in [5, 5.41) is 22.0. The summed E-state index contributed by atoms with van der Waals surface area (Å²) in [6.07, 6.45) is 2.86. The lowest BCUT2D eigenvalue weighted by molar-refractivity contribution is -0.0195. The summed E-state index contributed by atoms with van der Waals surface area (Å²) in [5.41, 5.74) is 2.93. The molecule has 0 radical (unpaired) electrons. The predicted octanol–water partition coefficient (Wildman–Crippen LogP) is 4.26. The molecule has 0 aliphatic carbocycles. The third-order valence-corrected chi connectivity index (χ3v) is 5.80. The number of unbranched alkanes of at least 4 members (excludes halogenated alkanes) is 1. The number of rotatable bonds is 12. The molecule has 3 N–H and O–H groups in total. The summed E-state index contributed by atoms with van der Waals surface area (Å²) in [7, 11) is 0. The van der Waals surface area contributed by atoms with Crippen LogP contribution in [0, 0.1) is 0 Å². The molecule has 2 aromatic carbocycles. The number of aliphatic hydroxyl groups excluding tert-OH is 2. The number of nitrogens with zero attached hydrogens (tertiary/aromatic N) is 2. The fourth-order valence-corrected chi connectivity index (χ4v) is 4.18. The minimum absolute atomic E-state index is 0.0256. The highest BCUT2D eigenvalue weighted by atomic mass is 16.5. The standard InChI is InChI=1S/C26H35N3O5/c1-18(2)33-23-11-9-19(15-24(23)32-14-6-5-13-30)16-27-26-28-21-7-3-4-8-22(21)29(26)25-12-10-20(17-31)34-25/h3-4,7-9,11,15,18,20,25,30-31H,5-6,10,12-14,16-17H2,1-2H3,(H,27,28)/t20-,25+/m0/s1. The summed E-state index contributed by atoms with van der Waals surface area (Å²) in [6.45, 7) is 5.23. The third-order valence-electron chi connectivity index (χ3n) is 5.80. The molecule has 1 aliphatic rings. The molecule has 2 atom stereocenters. The number of ether oxygens (including phenoxy) is 3. The maximum Gasteiger partial charge on any atom is 0.206 e. The topological polar surface area (TPSA) is 98.0 Å². The van der Waals surface area contributed by atoms with Crippen LogP contribution in [0.15, 0.2) is 42.5 Å². The van der Waals surface area contributed by atoms with E-state index in [2.05, 4.69) is 9.88 Å². The van der Waals surface area contributed by atoms with Gasteiger partial charge in [-0.3, -0.25) is 4.57 Å². The zero-order chi connectivity index (χ0) is 23.9. The Morgan fingerprint density at radius 2 is 1.97 bits per heavy atom. The summed E-state index contributed by atoms with van der Waals surface area (Å²) in [5.74, 6) is 2.14. The number of aliphatic hydroxyl groups is 2. The van der Waals surface area contributed by atoms with Crippen LogP contribution < -0.4 is 14.8 Å². The number of fused-ring (bicyclic) bond motifs is 1. The van der Waals surface area contributed by atoms with Gasteiger partial charge in [-0.05, 0) is 69.4 Å². The molecule has 184 valence electrons. The Labute approximate surface area is 200 Å². The molecule has 0 amide bonds. The number of hydrogen-bond donors (Lipinski definition) is 3. The molecule has 1 aliphatic heterocycles. The Bertz CT molecular complexity index is 1070. The van der Waals surface area contributed by atoms with Crippen molar-refractivity contribution in [3.63, 3.8) is 0 Å². The van der Waals surface area contributed by atoms with Gasteiger partial charge in [0.15, 0.2) is 11.5 Å². The van der Waals surface area contributed by atoms with Gasteiger partial charge in [0.25, 0.3) is 0 Å². The summed E-state index contributed by atoms with van der Waals surface area (Å²) < 4.78 is 20.1. The Morgan fingerprint density at radius 1 is 1.12 bits per heavy atom. The van der Waals surface area contributed by atoms with E-state index in [1.165, 1.54) is 0 Å². The van der Waals surface area contributed by atoms with Crippen LogP contribution in [-0.2, 0) is 11.3 Å².